The van der Waals surface area contributed by atoms with Gasteiger partial charge in [-0.1, -0.05) is 0 Å². The van der Waals surface area contributed by atoms with E-state index in [1.807, 2.05) is 20.3 Å². The van der Waals surface area contributed by atoms with Crippen LogP contribution in [0.25, 0.3) is 11.3 Å². The van der Waals surface area contributed by atoms with E-state index in [4.69, 9.17) is 4.98 Å². The molecule has 5 nitrogen and oxygen atoms in total. The van der Waals surface area contributed by atoms with Gasteiger partial charge in [0.15, 0.2) is 0 Å². The van der Waals surface area contributed by atoms with Gasteiger partial charge in [0.25, 0.3) is 0 Å². The summed E-state index contributed by atoms with van der Waals surface area (Å²) in [5, 5.41) is 3.34. The summed E-state index contributed by atoms with van der Waals surface area (Å²) in [6.45, 7) is 3.48. The molecule has 1 aliphatic heterocycles. The summed E-state index contributed by atoms with van der Waals surface area (Å²) < 4.78 is 41.0. The molecule has 0 amide bonds. The maximum absolute atomic E-state index is 13.0. The number of likely N-dealkylation sites (N-methyl/N-ethyl adjacent to an activating group) is 1. The van der Waals surface area contributed by atoms with Crippen molar-refractivity contribution in [3.8, 4) is 11.3 Å². The van der Waals surface area contributed by atoms with E-state index in [2.05, 4.69) is 19.8 Å². The number of hydrogen-bond acceptors (Lipinski definition) is 4. The number of pyridine rings is 1. The van der Waals surface area contributed by atoms with Crippen LogP contribution in [-0.4, -0.2) is 53.2 Å². The van der Waals surface area contributed by atoms with Crippen molar-refractivity contribution < 1.29 is 13.2 Å². The average molecular weight is 367 g/mol. The van der Waals surface area contributed by atoms with Gasteiger partial charge in [-0.3, -0.25) is 4.98 Å². The summed E-state index contributed by atoms with van der Waals surface area (Å²) in [4.78, 5) is 10.3. The summed E-state index contributed by atoms with van der Waals surface area (Å²) in [6, 6.07) is 2.66. The van der Waals surface area contributed by atoms with Crippen LogP contribution < -0.4 is 5.32 Å². The zero-order chi connectivity index (χ0) is 18.7. The number of alkyl halides is 3. The van der Waals surface area contributed by atoms with Gasteiger partial charge < -0.3 is 14.8 Å². The van der Waals surface area contributed by atoms with Crippen molar-refractivity contribution >= 4 is 0 Å². The van der Waals surface area contributed by atoms with Gasteiger partial charge in [-0.2, -0.15) is 13.2 Å². The Balaban J connectivity index is 1.94. The first-order valence-electron chi connectivity index (χ1n) is 8.80. The Morgan fingerprint density at radius 2 is 2.00 bits per heavy atom. The van der Waals surface area contributed by atoms with Gasteiger partial charge in [0.2, 0.25) is 0 Å². The van der Waals surface area contributed by atoms with Crippen LogP contribution in [0.1, 0.15) is 30.3 Å². The Bertz CT molecular complexity index is 733. The van der Waals surface area contributed by atoms with Gasteiger partial charge in [-0.25, -0.2) is 4.98 Å². The van der Waals surface area contributed by atoms with E-state index in [1.54, 1.807) is 6.07 Å². The molecule has 0 aliphatic carbocycles. The highest BCUT2D eigenvalue weighted by Crippen LogP contribution is 2.32. The van der Waals surface area contributed by atoms with Crippen LogP contribution in [0.2, 0.25) is 0 Å². The molecule has 0 atom stereocenters. The second-order valence-electron chi connectivity index (χ2n) is 6.93. The topological polar surface area (TPSA) is 46.0 Å². The van der Waals surface area contributed by atoms with E-state index in [0.29, 0.717) is 17.2 Å². The van der Waals surface area contributed by atoms with Crippen molar-refractivity contribution in [2.75, 3.05) is 33.7 Å². The van der Waals surface area contributed by atoms with Crippen LogP contribution in [0.4, 0.5) is 13.2 Å². The minimum absolute atomic E-state index is 0.330. The number of rotatable bonds is 5. The number of halogens is 3. The van der Waals surface area contributed by atoms with E-state index >= 15 is 0 Å². The van der Waals surface area contributed by atoms with Crippen molar-refractivity contribution in [1.29, 1.82) is 0 Å². The first-order chi connectivity index (χ1) is 12.3. The standard InChI is InChI=1S/C18H24F3N5/c1-25(2)9-10-26-12-15(24-17(26)13-3-6-22-7-4-13)14-5-8-23-16(11-14)18(19,20)21/h5,8,11-13,22H,3-4,6-7,9-10H2,1-2H3. The van der Waals surface area contributed by atoms with Crippen molar-refractivity contribution in [2.24, 2.45) is 0 Å². The van der Waals surface area contributed by atoms with Gasteiger partial charge in [-0.05, 0) is 52.2 Å². The molecule has 2 aromatic heterocycles. The van der Waals surface area contributed by atoms with E-state index in [0.717, 1.165) is 50.9 Å². The zero-order valence-corrected chi connectivity index (χ0v) is 15.1. The number of nitrogens with zero attached hydrogens (tertiary/aromatic N) is 4. The molecule has 0 radical (unpaired) electrons. The Kier molecular flexibility index (Phi) is 5.62. The largest absolute Gasteiger partial charge is 0.433 e. The molecule has 8 heteroatoms. The molecule has 0 saturated carbocycles. The second kappa shape index (κ2) is 7.75. The fourth-order valence-corrected chi connectivity index (χ4v) is 3.21. The fraction of sp³-hybridized carbons (Fsp3) is 0.556. The SMILES string of the molecule is CN(C)CCn1cc(-c2ccnc(C(F)(F)F)c2)nc1C1CCNCC1. The van der Waals surface area contributed by atoms with E-state index < -0.39 is 11.9 Å². The van der Waals surface area contributed by atoms with Crippen LogP contribution in [0, 0.1) is 0 Å². The molecular formula is C18H24F3N5. The lowest BCUT2D eigenvalue weighted by molar-refractivity contribution is -0.141. The lowest BCUT2D eigenvalue weighted by atomic mass is 9.97. The Morgan fingerprint density at radius 1 is 1.27 bits per heavy atom. The highest BCUT2D eigenvalue weighted by molar-refractivity contribution is 5.59. The zero-order valence-electron chi connectivity index (χ0n) is 15.1. The molecule has 0 unspecified atom stereocenters. The molecule has 0 bridgehead atoms. The summed E-state index contributed by atoms with van der Waals surface area (Å²) in [5.41, 5.74) is 0.137. The number of aromatic nitrogens is 3. The summed E-state index contributed by atoms with van der Waals surface area (Å²) in [7, 11) is 4.00. The smallest absolute Gasteiger partial charge is 0.333 e. The molecule has 3 heterocycles. The molecule has 3 rings (SSSR count). The predicted octanol–water partition coefficient (Wildman–Crippen LogP) is 2.99. The van der Waals surface area contributed by atoms with Gasteiger partial charge in [0, 0.05) is 37.0 Å². The number of imidazole rings is 1. The molecular weight excluding hydrogens is 343 g/mol. The Morgan fingerprint density at radius 3 is 2.65 bits per heavy atom. The molecule has 1 fully saturated rings. The minimum atomic E-state index is -4.46. The van der Waals surface area contributed by atoms with Crippen LogP contribution in [-0.2, 0) is 12.7 Å². The third kappa shape index (κ3) is 4.42. The highest BCUT2D eigenvalue weighted by atomic mass is 19.4. The fourth-order valence-electron chi connectivity index (χ4n) is 3.21. The number of nitrogens with one attached hydrogen (secondary N) is 1. The van der Waals surface area contributed by atoms with Crippen molar-refractivity contribution in [3.63, 3.8) is 0 Å². The maximum atomic E-state index is 13.0. The Hall–Kier alpha value is -1.93. The normalized spacial score (nSPS) is 16.4. The lowest BCUT2D eigenvalue weighted by Gasteiger charge is -2.23. The summed E-state index contributed by atoms with van der Waals surface area (Å²) >= 11 is 0. The molecule has 2 aromatic rings. The minimum Gasteiger partial charge on any atom is -0.333 e. The molecule has 1 aliphatic rings. The van der Waals surface area contributed by atoms with Gasteiger partial charge >= 0.3 is 6.18 Å². The highest BCUT2D eigenvalue weighted by Gasteiger charge is 2.32. The average Bonchev–Trinajstić information content (AvgIpc) is 3.04. The van der Waals surface area contributed by atoms with Crippen LogP contribution in [0.3, 0.4) is 0 Å². The second-order valence-corrected chi connectivity index (χ2v) is 6.93. The summed E-state index contributed by atoms with van der Waals surface area (Å²) in [6.07, 6.45) is 0.587. The van der Waals surface area contributed by atoms with E-state index in [1.165, 1.54) is 6.20 Å². The number of hydrogen-bond donors (Lipinski definition) is 1. The number of piperidine rings is 1. The van der Waals surface area contributed by atoms with Crippen molar-refractivity contribution in [2.45, 2.75) is 31.5 Å². The molecule has 0 aromatic carbocycles. The van der Waals surface area contributed by atoms with Crippen LogP contribution >= 0.6 is 0 Å². The van der Waals surface area contributed by atoms with Gasteiger partial charge in [-0.15, -0.1) is 0 Å². The van der Waals surface area contributed by atoms with E-state index in [-0.39, 0.29) is 0 Å². The lowest BCUT2D eigenvalue weighted by Crippen LogP contribution is -2.28. The van der Waals surface area contributed by atoms with Crippen molar-refractivity contribution in [3.05, 3.63) is 36.0 Å². The van der Waals surface area contributed by atoms with Crippen LogP contribution in [0.15, 0.2) is 24.5 Å². The predicted molar refractivity (Wildman–Crippen MR) is 93.9 cm³/mol. The first kappa shape index (κ1) is 18.8. The molecule has 0 spiro atoms. The third-order valence-electron chi connectivity index (χ3n) is 4.65. The molecule has 142 valence electrons. The Labute approximate surface area is 151 Å². The van der Waals surface area contributed by atoms with Gasteiger partial charge in [0.1, 0.15) is 11.5 Å². The maximum Gasteiger partial charge on any atom is 0.433 e. The molecule has 1 N–H and O–H groups in total. The first-order valence-corrected chi connectivity index (χ1v) is 8.80. The quantitative estimate of drug-likeness (QED) is 0.883. The molecule has 1 saturated heterocycles. The third-order valence-corrected chi connectivity index (χ3v) is 4.65. The molecule has 26 heavy (non-hydrogen) atoms. The van der Waals surface area contributed by atoms with Gasteiger partial charge in [0.05, 0.1) is 5.69 Å². The van der Waals surface area contributed by atoms with Crippen LogP contribution in [0.5, 0.6) is 0 Å². The summed E-state index contributed by atoms with van der Waals surface area (Å²) in [5.74, 6) is 1.30. The van der Waals surface area contributed by atoms with Crippen molar-refractivity contribution in [1.82, 2.24) is 24.8 Å². The monoisotopic (exact) mass is 367 g/mol. The van der Waals surface area contributed by atoms with E-state index in [9.17, 15) is 13.2 Å².